The summed E-state index contributed by atoms with van der Waals surface area (Å²) in [5, 5.41) is 12.1. The van der Waals surface area contributed by atoms with E-state index in [2.05, 4.69) is 24.4 Å². The summed E-state index contributed by atoms with van der Waals surface area (Å²) in [7, 11) is 0. The molecule has 2 N–H and O–H groups in total. The second kappa shape index (κ2) is 6.88. The highest BCUT2D eigenvalue weighted by Crippen LogP contribution is 2.21. The number of anilines is 1. The van der Waals surface area contributed by atoms with Crippen molar-refractivity contribution in [2.45, 2.75) is 19.3 Å². The van der Waals surface area contributed by atoms with Gasteiger partial charge in [0.05, 0.1) is 5.69 Å². The van der Waals surface area contributed by atoms with E-state index in [1.807, 2.05) is 18.2 Å². The molecule has 0 radical (unpaired) electrons. The molecule has 2 rings (SSSR count). The Morgan fingerprint density at radius 1 is 1.19 bits per heavy atom. The first-order valence-electron chi connectivity index (χ1n) is 6.90. The van der Waals surface area contributed by atoms with Crippen molar-refractivity contribution < 1.29 is 14.3 Å². The minimum atomic E-state index is -1.26. The van der Waals surface area contributed by atoms with Crippen LogP contribution in [-0.4, -0.2) is 17.6 Å². The lowest BCUT2D eigenvalue weighted by molar-refractivity contribution is 0.0693. The van der Waals surface area contributed by atoms with Gasteiger partial charge in [0.2, 0.25) is 0 Å². The van der Waals surface area contributed by atoms with Crippen molar-refractivity contribution in [2.24, 2.45) is 0 Å². The molecule has 0 heterocycles. The molecule has 1 unspecified atom stereocenters. The van der Waals surface area contributed by atoms with Crippen LogP contribution in [-0.2, 0) is 0 Å². The zero-order valence-corrected chi connectivity index (χ0v) is 11.8. The zero-order chi connectivity index (χ0) is 15.2. The van der Waals surface area contributed by atoms with Crippen LogP contribution in [0, 0.1) is 5.82 Å². The number of benzene rings is 2. The largest absolute Gasteiger partial charge is 0.478 e. The van der Waals surface area contributed by atoms with Crippen molar-refractivity contribution in [3.8, 4) is 0 Å². The number of hydrogen-bond donors (Lipinski definition) is 2. The molecular weight excluding hydrogens is 269 g/mol. The third-order valence-electron chi connectivity index (χ3n) is 3.49. The monoisotopic (exact) mass is 287 g/mol. The second-order valence-corrected chi connectivity index (χ2v) is 4.99. The fourth-order valence-corrected chi connectivity index (χ4v) is 2.26. The van der Waals surface area contributed by atoms with Crippen LogP contribution >= 0.6 is 0 Å². The lowest BCUT2D eigenvalue weighted by atomic mass is 9.98. The Hall–Kier alpha value is -2.36. The Morgan fingerprint density at radius 2 is 1.90 bits per heavy atom. The van der Waals surface area contributed by atoms with Crippen molar-refractivity contribution in [1.82, 2.24) is 0 Å². The van der Waals surface area contributed by atoms with E-state index in [1.165, 1.54) is 11.6 Å². The summed E-state index contributed by atoms with van der Waals surface area (Å²) in [5.74, 6) is -1.63. The summed E-state index contributed by atoms with van der Waals surface area (Å²) in [5.41, 5.74) is 1.25. The number of carboxylic acids is 1. The maximum atomic E-state index is 13.5. The summed E-state index contributed by atoms with van der Waals surface area (Å²) >= 11 is 0. The molecule has 0 aromatic heterocycles. The normalized spacial score (nSPS) is 11.9. The van der Waals surface area contributed by atoms with Crippen LogP contribution in [0.5, 0.6) is 0 Å². The fourth-order valence-electron chi connectivity index (χ4n) is 2.26. The Morgan fingerprint density at radius 3 is 2.57 bits per heavy atom. The molecule has 21 heavy (non-hydrogen) atoms. The minimum absolute atomic E-state index is 0.301. The molecule has 0 aliphatic rings. The molecule has 0 spiro atoms. The quantitative estimate of drug-likeness (QED) is 0.840. The molecule has 0 aliphatic heterocycles. The van der Waals surface area contributed by atoms with E-state index in [9.17, 15) is 9.18 Å². The van der Waals surface area contributed by atoms with Gasteiger partial charge in [-0.05, 0) is 30.0 Å². The van der Waals surface area contributed by atoms with Crippen LogP contribution in [0.2, 0.25) is 0 Å². The van der Waals surface area contributed by atoms with Crippen LogP contribution in [0.15, 0.2) is 48.5 Å². The molecule has 0 fully saturated rings. The molecule has 4 heteroatoms. The van der Waals surface area contributed by atoms with E-state index in [-0.39, 0.29) is 5.56 Å². The van der Waals surface area contributed by atoms with Crippen molar-refractivity contribution >= 4 is 11.7 Å². The molecular formula is C17H18FNO2. The van der Waals surface area contributed by atoms with Gasteiger partial charge in [0.15, 0.2) is 0 Å². The highest BCUT2D eigenvalue weighted by molar-refractivity contribution is 5.94. The van der Waals surface area contributed by atoms with E-state index in [0.29, 0.717) is 18.2 Å². The SMILES string of the molecule is CC(CCNc1cccc(F)c1C(=O)O)c1ccccc1. The Bertz CT molecular complexity index is 613. The van der Waals surface area contributed by atoms with E-state index < -0.39 is 11.8 Å². The number of aromatic carboxylic acids is 1. The predicted molar refractivity (Wildman–Crippen MR) is 81.3 cm³/mol. The van der Waals surface area contributed by atoms with Crippen molar-refractivity contribution in [3.63, 3.8) is 0 Å². The Balaban J connectivity index is 1.98. The minimum Gasteiger partial charge on any atom is -0.478 e. The molecule has 0 bridgehead atoms. The van der Waals surface area contributed by atoms with Gasteiger partial charge in [-0.2, -0.15) is 0 Å². The predicted octanol–water partition coefficient (Wildman–Crippen LogP) is 4.13. The van der Waals surface area contributed by atoms with Gasteiger partial charge in [0.1, 0.15) is 11.4 Å². The zero-order valence-electron chi connectivity index (χ0n) is 11.8. The van der Waals surface area contributed by atoms with Crippen LogP contribution < -0.4 is 5.32 Å². The molecule has 1 atom stereocenters. The van der Waals surface area contributed by atoms with Gasteiger partial charge >= 0.3 is 5.97 Å². The fraction of sp³-hybridized carbons (Fsp3) is 0.235. The van der Waals surface area contributed by atoms with Gasteiger partial charge in [-0.1, -0.05) is 43.3 Å². The first-order valence-corrected chi connectivity index (χ1v) is 6.90. The molecule has 3 nitrogen and oxygen atoms in total. The van der Waals surface area contributed by atoms with E-state index in [0.717, 1.165) is 12.5 Å². The summed E-state index contributed by atoms with van der Waals surface area (Å²) in [4.78, 5) is 11.1. The summed E-state index contributed by atoms with van der Waals surface area (Å²) in [6.45, 7) is 2.69. The molecule has 2 aromatic rings. The first kappa shape index (κ1) is 15.0. The highest BCUT2D eigenvalue weighted by atomic mass is 19.1. The van der Waals surface area contributed by atoms with Gasteiger partial charge < -0.3 is 10.4 Å². The van der Waals surface area contributed by atoms with Crippen LogP contribution in [0.25, 0.3) is 0 Å². The summed E-state index contributed by atoms with van der Waals surface area (Å²) < 4.78 is 13.5. The molecule has 0 saturated heterocycles. The average Bonchev–Trinajstić information content (AvgIpc) is 2.47. The van der Waals surface area contributed by atoms with Crippen molar-refractivity contribution in [3.05, 3.63) is 65.5 Å². The van der Waals surface area contributed by atoms with Gasteiger partial charge in [-0.3, -0.25) is 0 Å². The summed E-state index contributed by atoms with van der Waals surface area (Å²) in [6, 6.07) is 14.3. The molecule has 0 amide bonds. The third-order valence-corrected chi connectivity index (χ3v) is 3.49. The molecule has 2 aromatic carbocycles. The van der Waals surface area contributed by atoms with E-state index in [1.54, 1.807) is 6.07 Å². The number of rotatable bonds is 6. The Kier molecular flexibility index (Phi) is 4.93. The van der Waals surface area contributed by atoms with Gasteiger partial charge in [0.25, 0.3) is 0 Å². The smallest absolute Gasteiger partial charge is 0.340 e. The molecule has 0 aliphatic carbocycles. The van der Waals surface area contributed by atoms with Gasteiger partial charge in [0, 0.05) is 6.54 Å². The van der Waals surface area contributed by atoms with Gasteiger partial charge in [-0.25, -0.2) is 9.18 Å². The van der Waals surface area contributed by atoms with E-state index in [4.69, 9.17) is 5.11 Å². The lowest BCUT2D eigenvalue weighted by Gasteiger charge is -2.14. The highest BCUT2D eigenvalue weighted by Gasteiger charge is 2.15. The number of carboxylic acid groups (broad SMARTS) is 1. The number of halogens is 1. The molecule has 110 valence electrons. The maximum Gasteiger partial charge on any atom is 0.340 e. The second-order valence-electron chi connectivity index (χ2n) is 4.99. The number of hydrogen-bond acceptors (Lipinski definition) is 2. The van der Waals surface area contributed by atoms with Crippen molar-refractivity contribution in [1.29, 1.82) is 0 Å². The standard InChI is InChI=1S/C17H18FNO2/c1-12(13-6-3-2-4-7-13)10-11-19-15-9-5-8-14(18)16(15)17(20)21/h2-9,12,19H,10-11H2,1H3,(H,20,21). The van der Waals surface area contributed by atoms with Crippen LogP contribution in [0.3, 0.4) is 0 Å². The summed E-state index contributed by atoms with van der Waals surface area (Å²) in [6.07, 6.45) is 0.833. The maximum absolute atomic E-state index is 13.5. The number of carbonyl (C=O) groups is 1. The number of nitrogens with one attached hydrogen (secondary N) is 1. The lowest BCUT2D eigenvalue weighted by Crippen LogP contribution is -2.11. The molecule has 0 saturated carbocycles. The third kappa shape index (κ3) is 3.81. The first-order chi connectivity index (χ1) is 10.1. The van der Waals surface area contributed by atoms with Gasteiger partial charge in [-0.15, -0.1) is 0 Å². The van der Waals surface area contributed by atoms with Crippen molar-refractivity contribution in [2.75, 3.05) is 11.9 Å². The topological polar surface area (TPSA) is 49.3 Å². The van der Waals surface area contributed by atoms with E-state index >= 15 is 0 Å². The van der Waals surface area contributed by atoms with Crippen LogP contribution in [0.1, 0.15) is 35.2 Å². The van der Waals surface area contributed by atoms with Crippen LogP contribution in [0.4, 0.5) is 10.1 Å². The average molecular weight is 287 g/mol. The Labute approximate surface area is 123 Å².